The fourth-order valence-corrected chi connectivity index (χ4v) is 4.28. The van der Waals surface area contributed by atoms with Gasteiger partial charge in [0.2, 0.25) is 0 Å². The van der Waals surface area contributed by atoms with Gasteiger partial charge in [-0.15, -0.1) is 5.06 Å². The summed E-state index contributed by atoms with van der Waals surface area (Å²) in [6.07, 6.45) is 3.38. The highest BCUT2D eigenvalue weighted by molar-refractivity contribution is 7.90. The van der Waals surface area contributed by atoms with E-state index in [0.29, 0.717) is 37.2 Å². The van der Waals surface area contributed by atoms with E-state index in [2.05, 4.69) is 15.3 Å². The van der Waals surface area contributed by atoms with Gasteiger partial charge in [0.25, 0.3) is 0 Å². The van der Waals surface area contributed by atoms with Crippen LogP contribution >= 0.6 is 0 Å². The smallest absolute Gasteiger partial charge is 0.427 e. The Labute approximate surface area is 205 Å². The number of aromatic nitrogens is 2. The number of carbonyl (C=O) groups excluding carboxylic acids is 1. The average molecular weight is 510 g/mol. The summed E-state index contributed by atoms with van der Waals surface area (Å²) in [7, 11) is -1.57. The van der Waals surface area contributed by atoms with E-state index < -0.39 is 27.4 Å². The summed E-state index contributed by atoms with van der Waals surface area (Å²) >= 11 is 0. The van der Waals surface area contributed by atoms with E-state index in [4.69, 9.17) is 9.57 Å². The van der Waals surface area contributed by atoms with E-state index in [1.54, 1.807) is 31.9 Å². The molecule has 1 aromatic carbocycles. The topological polar surface area (TPSA) is 114 Å². The van der Waals surface area contributed by atoms with Crippen molar-refractivity contribution in [1.29, 1.82) is 0 Å². The summed E-state index contributed by atoms with van der Waals surface area (Å²) in [5, 5.41) is 4.46. The quantitative estimate of drug-likeness (QED) is 0.437. The Morgan fingerprint density at radius 2 is 1.91 bits per heavy atom. The Hall–Kier alpha value is -2.99. The molecule has 0 radical (unpaired) electrons. The fourth-order valence-electron chi connectivity index (χ4n) is 3.63. The molecule has 0 unspecified atom stereocenters. The summed E-state index contributed by atoms with van der Waals surface area (Å²) in [5.41, 5.74) is -0.594. The molecular weight excluding hydrogens is 477 g/mol. The van der Waals surface area contributed by atoms with Gasteiger partial charge in [-0.05, 0) is 57.7 Å². The van der Waals surface area contributed by atoms with Crippen LogP contribution in [0.25, 0.3) is 0 Å². The maximum absolute atomic E-state index is 14.2. The number of anilines is 3. The number of nitrogens with zero attached hydrogens (tertiary/aromatic N) is 4. The Morgan fingerprint density at radius 1 is 1.23 bits per heavy atom. The van der Waals surface area contributed by atoms with Crippen molar-refractivity contribution in [2.24, 2.45) is 5.92 Å². The first-order valence-corrected chi connectivity index (χ1v) is 13.1. The second-order valence-corrected chi connectivity index (χ2v) is 11.6. The van der Waals surface area contributed by atoms with Gasteiger partial charge in [-0.1, -0.05) is 0 Å². The zero-order valence-corrected chi connectivity index (χ0v) is 21.4. The number of benzene rings is 1. The number of hydroxylamine groups is 2. The molecule has 0 saturated carbocycles. The van der Waals surface area contributed by atoms with Crippen LogP contribution in [0.1, 0.15) is 33.6 Å². The summed E-state index contributed by atoms with van der Waals surface area (Å²) in [5.74, 6) is 0.738. The summed E-state index contributed by atoms with van der Waals surface area (Å²) in [4.78, 5) is 27.5. The predicted octanol–water partition coefficient (Wildman–Crippen LogP) is 3.78. The molecule has 0 amide bonds. The van der Waals surface area contributed by atoms with Gasteiger partial charge in [-0.25, -0.2) is 27.6 Å². The minimum atomic E-state index is -3.48. The van der Waals surface area contributed by atoms with Crippen LogP contribution in [0.5, 0.6) is 0 Å². The van der Waals surface area contributed by atoms with E-state index in [1.165, 1.54) is 18.5 Å². The number of nitrogens with one attached hydrogen (secondary N) is 1. The van der Waals surface area contributed by atoms with Crippen LogP contribution in [-0.4, -0.2) is 68.1 Å². The molecule has 0 spiro atoms. The summed E-state index contributed by atoms with van der Waals surface area (Å²) in [6.45, 7) is 7.28. The van der Waals surface area contributed by atoms with Crippen molar-refractivity contribution in [2.45, 2.75) is 44.1 Å². The second-order valence-electron chi connectivity index (χ2n) is 9.61. The highest BCUT2D eigenvalue weighted by Gasteiger charge is 2.26. The number of hydrogen-bond acceptors (Lipinski definition) is 10. The van der Waals surface area contributed by atoms with E-state index in [-0.39, 0.29) is 10.6 Å². The summed E-state index contributed by atoms with van der Waals surface area (Å²) < 4.78 is 43.0. The molecule has 1 aliphatic rings. The molecule has 0 atom stereocenters. The lowest BCUT2D eigenvalue weighted by Crippen LogP contribution is -2.40. The van der Waals surface area contributed by atoms with Crippen LogP contribution in [0.4, 0.5) is 26.5 Å². The van der Waals surface area contributed by atoms with Crippen LogP contribution in [0.2, 0.25) is 0 Å². The SMILES string of the molecule is CN(CC1CCN(OC(=O)OC(C)(C)C)CC1)c1cc(Nc2cc(S(C)(=O)=O)ccc2F)ncn1. The summed E-state index contributed by atoms with van der Waals surface area (Å²) in [6, 6.07) is 5.24. The van der Waals surface area contributed by atoms with Crippen molar-refractivity contribution < 1.29 is 27.2 Å². The van der Waals surface area contributed by atoms with Crippen molar-refractivity contribution >= 4 is 33.3 Å². The van der Waals surface area contributed by atoms with Crippen LogP contribution in [-0.2, 0) is 19.4 Å². The molecule has 0 aliphatic carbocycles. The Bertz CT molecular complexity index is 1150. The minimum Gasteiger partial charge on any atom is -0.427 e. The lowest BCUT2D eigenvalue weighted by atomic mass is 9.97. The van der Waals surface area contributed by atoms with Gasteiger partial charge in [0.15, 0.2) is 9.84 Å². The molecule has 0 bridgehead atoms. The van der Waals surface area contributed by atoms with Crippen LogP contribution in [0.15, 0.2) is 35.5 Å². The fraction of sp³-hybridized carbons (Fsp3) is 0.522. The van der Waals surface area contributed by atoms with E-state index >= 15 is 0 Å². The lowest BCUT2D eigenvalue weighted by molar-refractivity contribution is -0.154. The standard InChI is InChI=1S/C23H32FN5O5S/c1-23(2,3)33-22(30)34-29-10-8-16(9-11-29)14-28(4)21-13-20(25-15-26-21)27-19-12-17(35(5,31)32)6-7-18(19)24/h6-7,12-13,15-16H,8-11,14H2,1-5H3,(H,25,26,27). The van der Waals surface area contributed by atoms with Crippen molar-refractivity contribution in [3.63, 3.8) is 0 Å². The highest BCUT2D eigenvalue weighted by Crippen LogP contribution is 2.25. The maximum Gasteiger partial charge on any atom is 0.528 e. The largest absolute Gasteiger partial charge is 0.528 e. The zero-order chi connectivity index (χ0) is 25.8. The van der Waals surface area contributed by atoms with E-state index in [0.717, 1.165) is 25.2 Å². The number of rotatable bonds is 7. The van der Waals surface area contributed by atoms with Gasteiger partial charge in [-0.3, -0.25) is 0 Å². The molecule has 2 aromatic rings. The van der Waals surface area contributed by atoms with Crippen molar-refractivity contribution in [3.05, 3.63) is 36.4 Å². The molecule has 2 heterocycles. The third-order valence-electron chi connectivity index (χ3n) is 5.37. The Morgan fingerprint density at radius 3 is 2.54 bits per heavy atom. The Kier molecular flexibility index (Phi) is 8.16. The third kappa shape index (κ3) is 8.03. The number of hydrogen-bond donors (Lipinski definition) is 1. The monoisotopic (exact) mass is 509 g/mol. The molecule has 1 aliphatic heterocycles. The first-order valence-electron chi connectivity index (χ1n) is 11.3. The second kappa shape index (κ2) is 10.7. The van der Waals surface area contributed by atoms with Gasteiger partial charge >= 0.3 is 6.16 Å². The number of carbonyl (C=O) groups is 1. The van der Waals surface area contributed by atoms with Crippen molar-refractivity contribution in [3.8, 4) is 0 Å². The molecule has 1 saturated heterocycles. The molecule has 1 N–H and O–H groups in total. The van der Waals surface area contributed by atoms with Gasteiger partial charge in [-0.2, -0.15) is 0 Å². The molecule has 1 aromatic heterocycles. The molecule has 35 heavy (non-hydrogen) atoms. The third-order valence-corrected chi connectivity index (χ3v) is 6.48. The molecule has 3 rings (SSSR count). The molecule has 1 fully saturated rings. The number of halogens is 1. The predicted molar refractivity (Wildman–Crippen MR) is 130 cm³/mol. The minimum absolute atomic E-state index is 0.00906. The van der Waals surface area contributed by atoms with Crippen LogP contribution < -0.4 is 10.2 Å². The van der Waals surface area contributed by atoms with Crippen LogP contribution in [0, 0.1) is 11.7 Å². The highest BCUT2D eigenvalue weighted by atomic mass is 32.2. The molecule has 192 valence electrons. The number of sulfone groups is 1. The van der Waals surface area contributed by atoms with Crippen LogP contribution in [0.3, 0.4) is 0 Å². The van der Waals surface area contributed by atoms with Crippen molar-refractivity contribution in [2.75, 3.05) is 43.2 Å². The van der Waals surface area contributed by atoms with Gasteiger partial charge in [0.1, 0.15) is 29.4 Å². The van der Waals surface area contributed by atoms with Crippen molar-refractivity contribution in [1.82, 2.24) is 15.0 Å². The molecule has 10 nitrogen and oxygen atoms in total. The molecular formula is C23H32FN5O5S. The molecule has 12 heteroatoms. The first-order chi connectivity index (χ1) is 16.3. The first kappa shape index (κ1) is 26.6. The maximum atomic E-state index is 14.2. The van der Waals surface area contributed by atoms with E-state index in [1.807, 2.05) is 11.9 Å². The average Bonchev–Trinajstić information content (AvgIpc) is 2.75. The van der Waals surface area contributed by atoms with E-state index in [9.17, 15) is 17.6 Å². The normalized spacial score (nSPS) is 15.5. The lowest BCUT2D eigenvalue weighted by Gasteiger charge is -2.33. The van der Waals surface area contributed by atoms with Gasteiger partial charge in [0, 0.05) is 39.0 Å². The number of ether oxygens (including phenoxy) is 1. The zero-order valence-electron chi connectivity index (χ0n) is 20.6. The van der Waals surface area contributed by atoms with Gasteiger partial charge in [0.05, 0.1) is 10.6 Å². The number of piperidine rings is 1. The van der Waals surface area contributed by atoms with Gasteiger partial charge < -0.3 is 19.8 Å². The Balaban J connectivity index is 1.57.